The molecule has 4 rings (SSSR count). The van der Waals surface area contributed by atoms with Crippen molar-refractivity contribution in [1.29, 1.82) is 0 Å². The van der Waals surface area contributed by atoms with Gasteiger partial charge >= 0.3 is 0 Å². The molecule has 0 saturated heterocycles. The standard InChI is InChI=1S/C15H14N4O/c1-9-12(10-5-3-2-4-6-10)16-15-17-13(11-7-8-11)18-19(15)14(9)20/h2-6,11H,7-8H2,1H3,(H,16,17,18). The predicted octanol–water partition coefficient (Wildman–Crippen LogP) is 2.27. The molecule has 0 radical (unpaired) electrons. The summed E-state index contributed by atoms with van der Waals surface area (Å²) in [6.45, 7) is 1.81. The lowest BCUT2D eigenvalue weighted by molar-refractivity contribution is 0.842. The predicted molar refractivity (Wildman–Crippen MR) is 75.8 cm³/mol. The number of hydrogen-bond donors (Lipinski definition) is 1. The Hall–Kier alpha value is -2.43. The maximum absolute atomic E-state index is 12.4. The van der Waals surface area contributed by atoms with Crippen molar-refractivity contribution in [3.8, 4) is 11.3 Å². The summed E-state index contributed by atoms with van der Waals surface area (Å²) in [5.74, 6) is 1.80. The largest absolute Gasteiger partial charge is 0.277 e. The molecule has 0 unspecified atom stereocenters. The van der Waals surface area contributed by atoms with Gasteiger partial charge in [-0.25, -0.2) is 4.98 Å². The molecule has 1 N–H and O–H groups in total. The number of fused-ring (bicyclic) bond motifs is 1. The summed E-state index contributed by atoms with van der Waals surface area (Å²) in [7, 11) is 0. The van der Waals surface area contributed by atoms with Crippen molar-refractivity contribution in [2.45, 2.75) is 25.7 Å². The lowest BCUT2D eigenvalue weighted by atomic mass is 10.1. The third-order valence-corrected chi connectivity index (χ3v) is 3.75. The van der Waals surface area contributed by atoms with Gasteiger partial charge in [0.1, 0.15) is 5.82 Å². The highest BCUT2D eigenvalue weighted by molar-refractivity contribution is 5.63. The first-order valence-electron chi connectivity index (χ1n) is 6.79. The van der Waals surface area contributed by atoms with Crippen molar-refractivity contribution < 1.29 is 0 Å². The maximum atomic E-state index is 12.4. The zero-order valence-corrected chi connectivity index (χ0v) is 11.1. The van der Waals surface area contributed by atoms with Crippen molar-refractivity contribution in [3.05, 3.63) is 52.1 Å². The Morgan fingerprint density at radius 3 is 2.65 bits per heavy atom. The molecule has 20 heavy (non-hydrogen) atoms. The van der Waals surface area contributed by atoms with Crippen LogP contribution in [-0.4, -0.2) is 19.6 Å². The minimum atomic E-state index is -0.0757. The summed E-state index contributed by atoms with van der Waals surface area (Å²) in [5.41, 5.74) is 2.22. The first-order valence-corrected chi connectivity index (χ1v) is 6.79. The highest BCUT2D eigenvalue weighted by Gasteiger charge is 2.28. The molecule has 2 heterocycles. The summed E-state index contributed by atoms with van der Waals surface area (Å²) in [6.07, 6.45) is 2.28. The average Bonchev–Trinajstić information content (AvgIpc) is 3.24. The second-order valence-electron chi connectivity index (χ2n) is 5.28. The molecule has 0 aliphatic heterocycles. The fourth-order valence-corrected chi connectivity index (χ4v) is 2.43. The van der Waals surface area contributed by atoms with Crippen molar-refractivity contribution in [2.24, 2.45) is 0 Å². The minimum absolute atomic E-state index is 0.0757. The topological polar surface area (TPSA) is 63.1 Å². The number of aromatic nitrogens is 4. The Morgan fingerprint density at radius 1 is 1.20 bits per heavy atom. The van der Waals surface area contributed by atoms with Crippen LogP contribution < -0.4 is 5.56 Å². The monoisotopic (exact) mass is 266 g/mol. The Morgan fingerprint density at radius 2 is 1.95 bits per heavy atom. The van der Waals surface area contributed by atoms with E-state index in [1.165, 1.54) is 4.52 Å². The Balaban J connectivity index is 1.98. The minimum Gasteiger partial charge on any atom is -0.275 e. The molecule has 2 aromatic heterocycles. The average molecular weight is 266 g/mol. The number of nitrogens with zero attached hydrogens (tertiary/aromatic N) is 3. The first-order chi connectivity index (χ1) is 9.74. The fourth-order valence-electron chi connectivity index (χ4n) is 2.43. The summed E-state index contributed by atoms with van der Waals surface area (Å²) in [5, 5.41) is 3.08. The molecular weight excluding hydrogens is 252 g/mol. The van der Waals surface area contributed by atoms with Crippen LogP contribution in [0.1, 0.15) is 30.1 Å². The van der Waals surface area contributed by atoms with E-state index < -0.39 is 0 Å². The van der Waals surface area contributed by atoms with Gasteiger partial charge in [-0.3, -0.25) is 9.89 Å². The van der Waals surface area contributed by atoms with Crippen molar-refractivity contribution in [3.63, 3.8) is 0 Å². The molecule has 0 spiro atoms. The van der Waals surface area contributed by atoms with Crippen LogP contribution in [0.4, 0.5) is 0 Å². The van der Waals surface area contributed by atoms with Gasteiger partial charge in [-0.1, -0.05) is 30.3 Å². The number of aromatic amines is 1. The fraction of sp³-hybridized carbons (Fsp3) is 0.267. The van der Waals surface area contributed by atoms with Crippen LogP contribution in [0.25, 0.3) is 17.0 Å². The molecule has 100 valence electrons. The van der Waals surface area contributed by atoms with E-state index in [1.807, 2.05) is 37.3 Å². The summed E-state index contributed by atoms with van der Waals surface area (Å²) >= 11 is 0. The van der Waals surface area contributed by atoms with Gasteiger partial charge in [-0.15, -0.1) is 0 Å². The number of nitrogens with one attached hydrogen (secondary N) is 1. The van der Waals surface area contributed by atoms with Crippen LogP contribution in [0.15, 0.2) is 35.1 Å². The molecule has 0 atom stereocenters. The van der Waals surface area contributed by atoms with E-state index in [2.05, 4.69) is 15.1 Å². The highest BCUT2D eigenvalue weighted by atomic mass is 16.1. The van der Waals surface area contributed by atoms with Crippen molar-refractivity contribution >= 4 is 5.78 Å². The molecular formula is C15H14N4O. The van der Waals surface area contributed by atoms with Gasteiger partial charge in [0.15, 0.2) is 0 Å². The number of H-pyrrole nitrogens is 1. The zero-order valence-electron chi connectivity index (χ0n) is 11.1. The van der Waals surface area contributed by atoms with Gasteiger partial charge in [-0.05, 0) is 19.8 Å². The van der Waals surface area contributed by atoms with E-state index in [9.17, 15) is 4.79 Å². The van der Waals surface area contributed by atoms with Crippen LogP contribution in [0.2, 0.25) is 0 Å². The summed E-state index contributed by atoms with van der Waals surface area (Å²) in [6, 6.07) is 9.75. The van der Waals surface area contributed by atoms with Crippen LogP contribution in [0.5, 0.6) is 0 Å². The Kier molecular flexibility index (Phi) is 2.30. The smallest absolute Gasteiger partial charge is 0.275 e. The molecule has 1 aliphatic carbocycles. The summed E-state index contributed by atoms with van der Waals surface area (Å²) < 4.78 is 1.45. The van der Waals surface area contributed by atoms with E-state index in [0.29, 0.717) is 23.0 Å². The molecule has 0 amide bonds. The van der Waals surface area contributed by atoms with Crippen molar-refractivity contribution in [2.75, 3.05) is 0 Å². The molecule has 1 saturated carbocycles. The molecule has 1 aliphatic rings. The van der Waals surface area contributed by atoms with E-state index in [1.54, 1.807) is 0 Å². The van der Waals surface area contributed by atoms with Crippen LogP contribution in [0, 0.1) is 6.92 Å². The Bertz CT molecular complexity index is 843. The normalized spacial score (nSPS) is 14.8. The van der Waals surface area contributed by atoms with Gasteiger partial charge in [0.05, 0.1) is 5.69 Å². The first kappa shape index (κ1) is 11.4. The summed E-state index contributed by atoms with van der Waals surface area (Å²) in [4.78, 5) is 21.4. The molecule has 5 heteroatoms. The van der Waals surface area contributed by atoms with Gasteiger partial charge in [0.2, 0.25) is 0 Å². The lowest BCUT2D eigenvalue weighted by Gasteiger charge is -2.04. The number of rotatable bonds is 2. The second kappa shape index (κ2) is 4.03. The van der Waals surface area contributed by atoms with E-state index in [4.69, 9.17) is 0 Å². The van der Waals surface area contributed by atoms with Crippen LogP contribution >= 0.6 is 0 Å². The van der Waals surface area contributed by atoms with Gasteiger partial charge in [0.25, 0.3) is 11.3 Å². The van der Waals surface area contributed by atoms with Crippen LogP contribution in [-0.2, 0) is 0 Å². The molecule has 1 aromatic carbocycles. The van der Waals surface area contributed by atoms with E-state index in [-0.39, 0.29) is 5.56 Å². The molecule has 1 fully saturated rings. The van der Waals surface area contributed by atoms with Gasteiger partial charge in [0, 0.05) is 17.0 Å². The number of hydrogen-bond acceptors (Lipinski definition) is 3. The SMILES string of the molecule is Cc1c(-c2ccccc2)nc2nc(C3CC3)[nH]n2c1=O. The van der Waals surface area contributed by atoms with Gasteiger partial charge in [-0.2, -0.15) is 9.50 Å². The zero-order chi connectivity index (χ0) is 13.7. The molecule has 0 bridgehead atoms. The van der Waals surface area contributed by atoms with E-state index >= 15 is 0 Å². The van der Waals surface area contributed by atoms with Crippen molar-refractivity contribution in [1.82, 2.24) is 19.6 Å². The molecule has 3 aromatic rings. The third kappa shape index (κ3) is 1.66. The van der Waals surface area contributed by atoms with Crippen LogP contribution in [0.3, 0.4) is 0 Å². The highest BCUT2D eigenvalue weighted by Crippen LogP contribution is 2.38. The van der Waals surface area contributed by atoms with E-state index in [0.717, 1.165) is 24.2 Å². The number of benzene rings is 1. The Labute approximate surface area is 115 Å². The van der Waals surface area contributed by atoms with Gasteiger partial charge < -0.3 is 0 Å². The quantitative estimate of drug-likeness (QED) is 0.774. The lowest BCUT2D eigenvalue weighted by Crippen LogP contribution is -2.19. The third-order valence-electron chi connectivity index (χ3n) is 3.75. The maximum Gasteiger partial charge on any atom is 0.277 e. The molecule has 5 nitrogen and oxygen atoms in total. The second-order valence-corrected chi connectivity index (χ2v) is 5.28.